The number of carbonyl (C=O) groups excluding carboxylic acids is 1. The third-order valence-electron chi connectivity index (χ3n) is 4.93. The topological polar surface area (TPSA) is 80.2 Å². The first-order valence-electron chi connectivity index (χ1n) is 8.63. The van der Waals surface area contributed by atoms with Crippen molar-refractivity contribution in [2.45, 2.75) is 31.5 Å². The Morgan fingerprint density at radius 2 is 2.28 bits per heavy atom. The largest absolute Gasteiger partial charge is 0.363 e. The molecule has 2 fully saturated rings. The summed E-state index contributed by atoms with van der Waals surface area (Å²) in [6, 6.07) is 3.93. The van der Waals surface area contributed by atoms with E-state index in [-0.39, 0.29) is 18.1 Å². The second-order valence-electron chi connectivity index (χ2n) is 6.51. The van der Waals surface area contributed by atoms with E-state index in [1.54, 1.807) is 29.2 Å². The Balaban J connectivity index is 1.26. The summed E-state index contributed by atoms with van der Waals surface area (Å²) in [5.74, 6) is 0.464. The number of hydrogen-bond acceptors (Lipinski definition) is 7. The average Bonchev–Trinajstić information content (AvgIpc) is 3.31. The second kappa shape index (κ2) is 7.45. The van der Waals surface area contributed by atoms with Gasteiger partial charge in [0.25, 0.3) is 0 Å². The molecule has 2 aliphatic rings. The highest BCUT2D eigenvalue weighted by molar-refractivity contribution is 7.13. The van der Waals surface area contributed by atoms with Gasteiger partial charge in [0.1, 0.15) is 11.6 Å². The van der Waals surface area contributed by atoms with Crippen molar-refractivity contribution in [1.29, 1.82) is 0 Å². The van der Waals surface area contributed by atoms with Crippen LogP contribution in [0.3, 0.4) is 0 Å². The molecule has 25 heavy (non-hydrogen) atoms. The number of ether oxygens (including phenoxy) is 1. The number of piperidine rings is 1. The number of anilines is 1. The second-order valence-corrected chi connectivity index (χ2v) is 7.32. The van der Waals surface area contributed by atoms with Crippen molar-refractivity contribution in [2.24, 2.45) is 5.92 Å². The highest BCUT2D eigenvalue weighted by Gasteiger charge is 2.42. The van der Waals surface area contributed by atoms with E-state index in [4.69, 9.17) is 4.74 Å². The van der Waals surface area contributed by atoms with Crippen molar-refractivity contribution in [1.82, 2.24) is 20.5 Å². The highest BCUT2D eigenvalue weighted by Crippen LogP contribution is 2.35. The lowest BCUT2D eigenvalue weighted by Crippen LogP contribution is -2.42. The molecule has 7 nitrogen and oxygen atoms in total. The van der Waals surface area contributed by atoms with Crippen LogP contribution in [0.5, 0.6) is 0 Å². The summed E-state index contributed by atoms with van der Waals surface area (Å²) in [6.07, 6.45) is 5.96. The van der Waals surface area contributed by atoms with Crippen LogP contribution in [-0.2, 0) is 16.0 Å². The molecule has 0 unspecified atom stereocenters. The lowest BCUT2D eigenvalue weighted by Gasteiger charge is -2.33. The molecule has 2 aromatic rings. The quantitative estimate of drug-likeness (QED) is 0.866. The Bertz CT molecular complexity index is 696. The molecule has 1 N–H and O–H groups in total. The minimum atomic E-state index is -0.332. The number of nitrogens with zero attached hydrogens (tertiary/aromatic N) is 4. The number of hydrogen-bond donors (Lipinski definition) is 1. The Kier molecular flexibility index (Phi) is 4.89. The van der Waals surface area contributed by atoms with E-state index in [9.17, 15) is 4.79 Å². The van der Waals surface area contributed by atoms with Crippen LogP contribution in [0.2, 0.25) is 0 Å². The average molecular weight is 359 g/mol. The number of fused-ring (bicyclic) bond motifs is 1. The Morgan fingerprint density at radius 3 is 3.08 bits per heavy atom. The number of rotatable bonds is 5. The van der Waals surface area contributed by atoms with Gasteiger partial charge in [-0.05, 0) is 42.9 Å². The van der Waals surface area contributed by atoms with E-state index in [1.165, 1.54) is 5.56 Å². The molecular weight excluding hydrogens is 338 g/mol. The normalized spacial score (nSPS) is 25.6. The van der Waals surface area contributed by atoms with Gasteiger partial charge in [0.05, 0.1) is 6.10 Å². The molecule has 4 rings (SSSR count). The zero-order valence-electron chi connectivity index (χ0n) is 13.9. The molecule has 2 saturated heterocycles. The maximum atomic E-state index is 12.4. The number of carbonyl (C=O) groups is 1. The molecule has 0 spiro atoms. The van der Waals surface area contributed by atoms with Crippen LogP contribution in [0.4, 0.5) is 5.13 Å². The molecule has 3 atom stereocenters. The predicted molar refractivity (Wildman–Crippen MR) is 94.5 cm³/mol. The highest BCUT2D eigenvalue weighted by atomic mass is 32.1. The molecule has 2 aromatic heterocycles. The molecule has 0 aliphatic carbocycles. The molecule has 1 amide bonds. The number of nitrogens with one attached hydrogen (secondary N) is 1. The van der Waals surface area contributed by atoms with E-state index in [2.05, 4.69) is 25.4 Å². The van der Waals surface area contributed by atoms with Crippen LogP contribution in [-0.4, -0.2) is 52.9 Å². The van der Waals surface area contributed by atoms with Crippen molar-refractivity contribution in [3.8, 4) is 0 Å². The van der Waals surface area contributed by atoms with Gasteiger partial charge in [-0.3, -0.25) is 9.78 Å². The van der Waals surface area contributed by atoms with Gasteiger partial charge in [-0.2, -0.15) is 0 Å². The molecule has 0 radical (unpaired) electrons. The van der Waals surface area contributed by atoms with E-state index >= 15 is 0 Å². The third kappa shape index (κ3) is 3.80. The number of aromatic nitrogens is 3. The molecule has 0 saturated carbocycles. The van der Waals surface area contributed by atoms with Crippen LogP contribution in [0.25, 0.3) is 0 Å². The lowest BCUT2D eigenvalue weighted by molar-refractivity contribution is -0.131. The van der Waals surface area contributed by atoms with E-state index < -0.39 is 0 Å². The fourth-order valence-electron chi connectivity index (χ4n) is 3.57. The van der Waals surface area contributed by atoms with Gasteiger partial charge in [0, 0.05) is 32.0 Å². The summed E-state index contributed by atoms with van der Waals surface area (Å²) in [5, 5.41) is 12.0. The predicted octanol–water partition coefficient (Wildman–Crippen LogP) is 1.28. The van der Waals surface area contributed by atoms with Crippen molar-refractivity contribution < 1.29 is 9.53 Å². The van der Waals surface area contributed by atoms with Crippen LogP contribution < -0.4 is 10.2 Å². The zero-order chi connectivity index (χ0) is 17.1. The van der Waals surface area contributed by atoms with Gasteiger partial charge < -0.3 is 15.0 Å². The maximum absolute atomic E-state index is 12.4. The van der Waals surface area contributed by atoms with Crippen LogP contribution >= 0.6 is 11.3 Å². The van der Waals surface area contributed by atoms with Gasteiger partial charge in [-0.15, -0.1) is 10.2 Å². The summed E-state index contributed by atoms with van der Waals surface area (Å²) in [6.45, 7) is 2.37. The molecular formula is C17H21N5O2S. The lowest BCUT2D eigenvalue weighted by atomic mass is 9.92. The van der Waals surface area contributed by atoms with Gasteiger partial charge in [0.2, 0.25) is 11.0 Å². The zero-order valence-corrected chi connectivity index (χ0v) is 14.7. The fourth-order valence-corrected chi connectivity index (χ4v) is 4.17. The first-order chi connectivity index (χ1) is 12.3. The van der Waals surface area contributed by atoms with E-state index in [0.717, 1.165) is 37.5 Å². The van der Waals surface area contributed by atoms with Crippen molar-refractivity contribution in [3.05, 3.63) is 35.6 Å². The molecule has 0 aromatic carbocycles. The van der Waals surface area contributed by atoms with Crippen molar-refractivity contribution in [2.75, 3.05) is 24.5 Å². The molecule has 0 bridgehead atoms. The van der Waals surface area contributed by atoms with Gasteiger partial charge >= 0.3 is 0 Å². The van der Waals surface area contributed by atoms with Gasteiger partial charge in [-0.1, -0.05) is 11.3 Å². The Morgan fingerprint density at radius 1 is 1.40 bits per heavy atom. The van der Waals surface area contributed by atoms with Crippen LogP contribution in [0.1, 0.15) is 18.4 Å². The number of pyridine rings is 1. The minimum Gasteiger partial charge on any atom is -0.363 e. The third-order valence-corrected chi connectivity index (χ3v) is 5.68. The summed E-state index contributed by atoms with van der Waals surface area (Å²) in [4.78, 5) is 18.6. The monoisotopic (exact) mass is 359 g/mol. The van der Waals surface area contributed by atoms with E-state index in [0.29, 0.717) is 12.5 Å². The fraction of sp³-hybridized carbons (Fsp3) is 0.529. The summed E-state index contributed by atoms with van der Waals surface area (Å²) < 4.78 is 6.05. The maximum Gasteiger partial charge on any atom is 0.249 e. The standard InChI is InChI=1S/C17H21N5O2S/c23-16(19-7-3-12-1-5-18-6-2-12)14-9-13-4-8-22(10-15(13)24-14)17-21-20-11-25-17/h1-2,5-6,11,13-15H,3-4,7-10H2,(H,19,23)/t13-,14+,15+/m1/s1. The van der Waals surface area contributed by atoms with Gasteiger partial charge in [-0.25, -0.2) is 0 Å². The van der Waals surface area contributed by atoms with Gasteiger partial charge in [0.15, 0.2) is 0 Å². The first-order valence-corrected chi connectivity index (χ1v) is 9.51. The molecule has 132 valence electrons. The Labute approximate surface area is 150 Å². The first kappa shape index (κ1) is 16.4. The summed E-state index contributed by atoms with van der Waals surface area (Å²) >= 11 is 1.54. The van der Waals surface area contributed by atoms with Crippen LogP contribution in [0.15, 0.2) is 30.0 Å². The number of amides is 1. The van der Waals surface area contributed by atoms with E-state index in [1.807, 2.05) is 12.1 Å². The SMILES string of the molecule is O=C(NCCc1ccncc1)[C@@H]1C[C@H]2CCN(c3nncs3)C[C@@H]2O1. The smallest absolute Gasteiger partial charge is 0.249 e. The van der Waals surface area contributed by atoms with Crippen molar-refractivity contribution in [3.63, 3.8) is 0 Å². The van der Waals surface area contributed by atoms with Crippen molar-refractivity contribution >= 4 is 22.4 Å². The molecule has 8 heteroatoms. The summed E-state index contributed by atoms with van der Waals surface area (Å²) in [5.41, 5.74) is 2.92. The molecule has 2 aliphatic heterocycles. The minimum absolute atomic E-state index is 0.00548. The Hall–Kier alpha value is -2.06. The summed E-state index contributed by atoms with van der Waals surface area (Å²) in [7, 11) is 0. The van der Waals surface area contributed by atoms with Crippen LogP contribution in [0, 0.1) is 5.92 Å². The molecule has 4 heterocycles.